The molecule has 1 heterocycles. The molecule has 4 N–H and O–H groups in total. The number of nitrogens with zero attached hydrogens (tertiary/aromatic N) is 2. The van der Waals surface area contributed by atoms with Gasteiger partial charge in [0.05, 0.1) is 18.2 Å². The first-order chi connectivity index (χ1) is 8.49. The summed E-state index contributed by atoms with van der Waals surface area (Å²) < 4.78 is 5.04. The van der Waals surface area contributed by atoms with Crippen LogP contribution in [0.4, 0.5) is 0 Å². The molecule has 0 amide bonds. The van der Waals surface area contributed by atoms with Gasteiger partial charge < -0.3 is 10.1 Å². The van der Waals surface area contributed by atoms with E-state index in [0.29, 0.717) is 12.6 Å². The summed E-state index contributed by atoms with van der Waals surface area (Å²) in [6.07, 6.45) is 1.78. The third kappa shape index (κ3) is 4.25. The molecule has 1 atom stereocenters. The smallest absolute Gasteiger partial charge is 0.206 e. The first-order valence-corrected chi connectivity index (χ1v) is 6.59. The third-order valence-corrected chi connectivity index (χ3v) is 3.39. The highest BCUT2D eigenvalue weighted by Gasteiger charge is 2.24. The number of hydrazine groups is 1. The summed E-state index contributed by atoms with van der Waals surface area (Å²) in [5.74, 6) is 6.00. The molecule has 18 heavy (non-hydrogen) atoms. The zero-order chi connectivity index (χ0) is 13.6. The van der Waals surface area contributed by atoms with Gasteiger partial charge in [0, 0.05) is 18.7 Å². The van der Waals surface area contributed by atoms with Crippen LogP contribution in [0.1, 0.15) is 25.8 Å². The third-order valence-electron chi connectivity index (χ3n) is 2.29. The molecule has 0 fully saturated rings. The summed E-state index contributed by atoms with van der Waals surface area (Å²) in [7, 11) is 1.65. The molecule has 0 bridgehead atoms. The molecular weight excluding hydrogens is 250 g/mol. The van der Waals surface area contributed by atoms with Crippen LogP contribution < -0.4 is 16.6 Å². The Bertz CT molecular complexity index is 377. The summed E-state index contributed by atoms with van der Waals surface area (Å²) in [5, 5.41) is 6.16. The number of nitrogens with one attached hydrogen (secondary N) is 2. The standard InChI is InChI=1S/C11H21N5OS/c1-8(7-17-4)14-10(16-12)15-11(2,3)9-13-5-6-18-9/h5-6,8H,7,12H2,1-4H3,(H2,14,15,16). The van der Waals surface area contributed by atoms with Crippen LogP contribution in [0, 0.1) is 0 Å². The topological polar surface area (TPSA) is 84.6 Å². The van der Waals surface area contributed by atoms with E-state index in [9.17, 15) is 0 Å². The van der Waals surface area contributed by atoms with Crippen molar-refractivity contribution >= 4 is 17.3 Å². The molecular formula is C11H21N5OS. The monoisotopic (exact) mass is 271 g/mol. The van der Waals surface area contributed by atoms with E-state index < -0.39 is 0 Å². The molecule has 0 saturated heterocycles. The van der Waals surface area contributed by atoms with E-state index in [1.54, 1.807) is 24.6 Å². The number of aromatic nitrogens is 1. The van der Waals surface area contributed by atoms with E-state index in [0.717, 1.165) is 5.01 Å². The second-order valence-corrected chi connectivity index (χ2v) is 5.41. The zero-order valence-electron chi connectivity index (χ0n) is 11.2. The minimum absolute atomic E-state index is 0.0284. The number of thiazole rings is 1. The van der Waals surface area contributed by atoms with Crippen molar-refractivity contribution in [3.8, 4) is 0 Å². The van der Waals surface area contributed by atoms with Crippen molar-refractivity contribution in [3.63, 3.8) is 0 Å². The van der Waals surface area contributed by atoms with Gasteiger partial charge >= 0.3 is 0 Å². The van der Waals surface area contributed by atoms with Gasteiger partial charge in [-0.15, -0.1) is 11.3 Å². The summed E-state index contributed by atoms with van der Waals surface area (Å²) >= 11 is 1.59. The lowest BCUT2D eigenvalue weighted by Crippen LogP contribution is -2.50. The van der Waals surface area contributed by atoms with E-state index >= 15 is 0 Å². The molecule has 0 radical (unpaired) electrons. The number of guanidine groups is 1. The Labute approximate surface area is 112 Å². The Morgan fingerprint density at radius 1 is 1.67 bits per heavy atom. The van der Waals surface area contributed by atoms with Crippen molar-refractivity contribution < 1.29 is 4.74 Å². The van der Waals surface area contributed by atoms with Gasteiger partial charge in [-0.2, -0.15) is 0 Å². The number of ether oxygens (including phenoxy) is 1. The maximum Gasteiger partial charge on any atom is 0.206 e. The van der Waals surface area contributed by atoms with Crippen molar-refractivity contribution in [2.45, 2.75) is 32.4 Å². The minimum Gasteiger partial charge on any atom is -0.382 e. The molecule has 0 aliphatic rings. The molecule has 0 aromatic carbocycles. The Morgan fingerprint density at radius 3 is 2.89 bits per heavy atom. The average Bonchev–Trinajstić information content (AvgIpc) is 2.82. The van der Waals surface area contributed by atoms with E-state index in [1.165, 1.54) is 0 Å². The molecule has 0 aliphatic carbocycles. The van der Waals surface area contributed by atoms with Crippen LogP contribution in [0.3, 0.4) is 0 Å². The Balaban J connectivity index is 2.73. The average molecular weight is 271 g/mol. The molecule has 6 nitrogen and oxygen atoms in total. The van der Waals surface area contributed by atoms with Crippen LogP contribution in [0.15, 0.2) is 16.6 Å². The van der Waals surface area contributed by atoms with Gasteiger partial charge in [0.25, 0.3) is 0 Å². The van der Waals surface area contributed by atoms with Gasteiger partial charge in [-0.25, -0.2) is 15.8 Å². The van der Waals surface area contributed by atoms with Gasteiger partial charge in [-0.05, 0) is 20.8 Å². The van der Waals surface area contributed by atoms with Gasteiger partial charge in [0.2, 0.25) is 5.96 Å². The Hall–Kier alpha value is -1.18. The first kappa shape index (κ1) is 14.9. The maximum absolute atomic E-state index is 5.48. The fourth-order valence-electron chi connectivity index (χ4n) is 1.49. The van der Waals surface area contributed by atoms with Crippen molar-refractivity contribution in [2.24, 2.45) is 10.8 Å². The minimum atomic E-state index is -0.327. The van der Waals surface area contributed by atoms with Crippen molar-refractivity contribution in [2.75, 3.05) is 13.7 Å². The van der Waals surface area contributed by atoms with Crippen LogP contribution in [-0.4, -0.2) is 30.7 Å². The lowest BCUT2D eigenvalue weighted by Gasteiger charge is -2.26. The molecule has 1 aromatic rings. The lowest BCUT2D eigenvalue weighted by molar-refractivity contribution is 0.185. The number of aliphatic imine (C=N–C) groups is 1. The van der Waals surface area contributed by atoms with E-state index in [2.05, 4.69) is 20.7 Å². The second kappa shape index (κ2) is 6.67. The molecule has 0 aliphatic heterocycles. The highest BCUT2D eigenvalue weighted by molar-refractivity contribution is 7.09. The largest absolute Gasteiger partial charge is 0.382 e. The highest BCUT2D eigenvalue weighted by Crippen LogP contribution is 2.21. The molecule has 1 rings (SSSR count). The van der Waals surface area contributed by atoms with Gasteiger partial charge in [-0.1, -0.05) is 0 Å². The van der Waals surface area contributed by atoms with Crippen molar-refractivity contribution in [3.05, 3.63) is 16.6 Å². The Morgan fingerprint density at radius 2 is 2.39 bits per heavy atom. The van der Waals surface area contributed by atoms with Crippen LogP contribution in [0.5, 0.6) is 0 Å². The molecule has 0 spiro atoms. The molecule has 102 valence electrons. The molecule has 1 aromatic heterocycles. The summed E-state index contributed by atoms with van der Waals surface area (Å²) in [6, 6.07) is 0.0284. The van der Waals surface area contributed by atoms with Crippen molar-refractivity contribution in [1.82, 2.24) is 15.7 Å². The molecule has 7 heteroatoms. The van der Waals surface area contributed by atoms with Crippen molar-refractivity contribution in [1.29, 1.82) is 0 Å². The second-order valence-electron chi connectivity index (χ2n) is 4.51. The summed E-state index contributed by atoms with van der Waals surface area (Å²) in [6.45, 7) is 6.56. The maximum atomic E-state index is 5.48. The number of hydrogen-bond donors (Lipinski definition) is 3. The fraction of sp³-hybridized carbons (Fsp3) is 0.636. The van der Waals surface area contributed by atoms with Crippen LogP contribution >= 0.6 is 11.3 Å². The first-order valence-electron chi connectivity index (χ1n) is 5.71. The van der Waals surface area contributed by atoms with E-state index in [1.807, 2.05) is 26.2 Å². The molecule has 0 saturated carbocycles. The predicted octanol–water partition coefficient (Wildman–Crippen LogP) is 0.822. The number of nitrogens with two attached hydrogens (primary N) is 1. The quantitative estimate of drug-likeness (QED) is 0.319. The SMILES string of the molecule is COCC(C)N=C(NN)NC(C)(C)c1nccs1. The van der Waals surface area contributed by atoms with Gasteiger partial charge in [0.1, 0.15) is 5.01 Å². The number of rotatable bonds is 5. The number of methoxy groups -OCH3 is 1. The number of hydrogen-bond acceptors (Lipinski definition) is 5. The van der Waals surface area contributed by atoms with E-state index in [4.69, 9.17) is 10.6 Å². The van der Waals surface area contributed by atoms with E-state index in [-0.39, 0.29) is 11.6 Å². The molecule has 1 unspecified atom stereocenters. The van der Waals surface area contributed by atoms with Crippen LogP contribution in [0.25, 0.3) is 0 Å². The van der Waals surface area contributed by atoms with Gasteiger partial charge in [0.15, 0.2) is 0 Å². The fourth-order valence-corrected chi connectivity index (χ4v) is 2.20. The summed E-state index contributed by atoms with van der Waals surface area (Å²) in [4.78, 5) is 8.70. The zero-order valence-corrected chi connectivity index (χ0v) is 12.0. The lowest BCUT2D eigenvalue weighted by atomic mass is 10.1. The Kier molecular flexibility index (Phi) is 5.52. The predicted molar refractivity (Wildman–Crippen MR) is 74.4 cm³/mol. The highest BCUT2D eigenvalue weighted by atomic mass is 32.1. The normalized spacial score (nSPS) is 14.4. The van der Waals surface area contributed by atoms with Crippen LogP contribution in [0.2, 0.25) is 0 Å². The summed E-state index contributed by atoms with van der Waals surface area (Å²) in [5.41, 5.74) is 2.24. The van der Waals surface area contributed by atoms with Gasteiger partial charge in [-0.3, -0.25) is 5.43 Å². The van der Waals surface area contributed by atoms with Crippen LogP contribution in [-0.2, 0) is 10.3 Å².